The number of aliphatic carboxylic acids is 1. The molecule has 0 aromatic heterocycles. The molecule has 6 atom stereocenters. The number of rotatable bonds is 33. The van der Waals surface area contributed by atoms with Crippen LogP contribution in [0.5, 0.6) is 0 Å². The maximum absolute atomic E-state index is 14.8. The van der Waals surface area contributed by atoms with Gasteiger partial charge in [-0.3, -0.25) is 33.6 Å². The molecule has 0 bridgehead atoms. The fourth-order valence-corrected chi connectivity index (χ4v) is 7.02. The van der Waals surface area contributed by atoms with Crippen molar-refractivity contribution in [3.8, 4) is 0 Å². The van der Waals surface area contributed by atoms with Crippen molar-refractivity contribution in [2.45, 2.75) is 114 Å². The first-order chi connectivity index (χ1) is 26.4. The number of carboxylic acids is 1. The molecule has 0 aromatic carbocycles. The van der Waals surface area contributed by atoms with E-state index in [0.29, 0.717) is 6.42 Å². The molecule has 0 aliphatic heterocycles. The summed E-state index contributed by atoms with van der Waals surface area (Å²) < 4.78 is 0. The van der Waals surface area contributed by atoms with Gasteiger partial charge in [0.15, 0.2) is 34.7 Å². The molecule has 20 heteroatoms. The quantitative estimate of drug-likeness (QED) is 0.0169. The highest BCUT2D eigenvalue weighted by Gasteiger charge is 2.85. The van der Waals surface area contributed by atoms with E-state index in [1.54, 1.807) is 12.2 Å². The molecule has 0 fully saturated rings. The number of ketones is 6. The largest absolute Gasteiger partial charge is 0.480 e. The van der Waals surface area contributed by atoms with Crippen molar-refractivity contribution >= 4 is 40.7 Å². The van der Waals surface area contributed by atoms with Gasteiger partial charge in [-0.2, -0.15) is 0 Å². The molecule has 0 heterocycles. The highest BCUT2D eigenvalue weighted by molar-refractivity contribution is 6.36. The Bertz CT molecular complexity index is 1280. The number of hydrogen-bond acceptors (Lipinski definition) is 19. The maximum atomic E-state index is 14.8. The molecule has 20 nitrogen and oxygen atoms in total. The van der Waals surface area contributed by atoms with Gasteiger partial charge in [0, 0.05) is 0 Å². The highest BCUT2D eigenvalue weighted by atomic mass is 16.4. The summed E-state index contributed by atoms with van der Waals surface area (Å²) in [5, 5.41) is 135. The summed E-state index contributed by atoms with van der Waals surface area (Å²) in [7, 11) is 0. The molecule has 13 N–H and O–H groups in total. The molecule has 0 rings (SSSR count). The number of Topliss-reactive ketones (excluding diaryl/α,β-unsaturated/α-hetero) is 6. The van der Waals surface area contributed by atoms with Gasteiger partial charge in [-0.1, -0.05) is 57.6 Å². The van der Waals surface area contributed by atoms with Crippen molar-refractivity contribution in [3.63, 3.8) is 0 Å². The van der Waals surface area contributed by atoms with E-state index in [0.717, 1.165) is 38.5 Å². The lowest BCUT2D eigenvalue weighted by Crippen LogP contribution is -2.80. The van der Waals surface area contributed by atoms with Gasteiger partial charge in [0.1, 0.15) is 47.5 Å². The second-order valence-corrected chi connectivity index (χ2v) is 13.4. The normalized spacial score (nSPS) is 18.4. The van der Waals surface area contributed by atoms with Crippen LogP contribution >= 0.6 is 0 Å². The van der Waals surface area contributed by atoms with E-state index in [4.69, 9.17) is 0 Å². The van der Waals surface area contributed by atoms with Crippen molar-refractivity contribution < 1.29 is 99.9 Å². The summed E-state index contributed by atoms with van der Waals surface area (Å²) in [5.41, 5.74) is -14.5. The number of hydrogen-bond donors (Lipinski definition) is 13. The van der Waals surface area contributed by atoms with Crippen LogP contribution in [0.2, 0.25) is 0 Å². The standard InChI is InChI=1S/C36H58O20/c1-2-3-4-5-6-7-8-9-10-11-12-13-14-34(27(49)21(43)15-37,28(50)22(44)16-38)36(31(53)25(47)19-41,32(54)26(48)20-42)35(33(55)56,29(51)23(45)17-39)30(52)24(46)18-40/h9-10,21-26,37-48H,2-8,11-20H2,1H3,(H,55,56)/b10-9-. The van der Waals surface area contributed by atoms with E-state index in [2.05, 4.69) is 6.92 Å². The molecule has 0 aliphatic carbocycles. The average Bonchev–Trinajstić information content (AvgIpc) is 3.21. The van der Waals surface area contributed by atoms with Crippen LogP contribution in [0.15, 0.2) is 12.2 Å². The van der Waals surface area contributed by atoms with E-state index >= 15 is 0 Å². The SMILES string of the molecule is CCCCCCCC/C=C\CCCCC(C(=O)C(O)CO)(C(=O)C(O)CO)C(C(=O)C(O)CO)(C(=O)C(O)CO)C(C(=O)O)(C(=O)C(O)CO)C(=O)C(O)CO. The van der Waals surface area contributed by atoms with Gasteiger partial charge in [0.05, 0.1) is 39.6 Å². The van der Waals surface area contributed by atoms with Crippen LogP contribution in [0.1, 0.15) is 77.6 Å². The van der Waals surface area contributed by atoms with Crippen LogP contribution in [-0.4, -0.2) is 183 Å². The lowest BCUT2D eigenvalue weighted by atomic mass is 9.39. The summed E-state index contributed by atoms with van der Waals surface area (Å²) in [5.74, 6) is -18.7. The van der Waals surface area contributed by atoms with Gasteiger partial charge >= 0.3 is 5.97 Å². The summed E-state index contributed by atoms with van der Waals surface area (Å²) in [6.45, 7) is -9.00. The van der Waals surface area contributed by atoms with Crippen molar-refractivity contribution in [2.75, 3.05) is 39.6 Å². The number of carboxylic acid groups (broad SMARTS) is 1. The van der Waals surface area contributed by atoms with Gasteiger partial charge in [0.2, 0.25) is 5.41 Å². The monoisotopic (exact) mass is 810 g/mol. The van der Waals surface area contributed by atoms with Gasteiger partial charge in [-0.05, 0) is 32.1 Å². The number of allylic oxidation sites excluding steroid dienone is 2. The maximum Gasteiger partial charge on any atom is 0.326 e. The second-order valence-electron chi connectivity index (χ2n) is 13.4. The van der Waals surface area contributed by atoms with Crippen molar-refractivity contribution in [1.82, 2.24) is 0 Å². The zero-order valence-electron chi connectivity index (χ0n) is 31.3. The van der Waals surface area contributed by atoms with Gasteiger partial charge < -0.3 is 66.4 Å². The lowest BCUT2D eigenvalue weighted by Gasteiger charge is -2.55. The Balaban J connectivity index is 8.82. The van der Waals surface area contributed by atoms with Gasteiger partial charge in [0.25, 0.3) is 0 Å². The van der Waals surface area contributed by atoms with E-state index in [9.17, 15) is 99.9 Å². The fourth-order valence-electron chi connectivity index (χ4n) is 7.02. The molecular weight excluding hydrogens is 752 g/mol. The predicted molar refractivity (Wildman–Crippen MR) is 189 cm³/mol. The smallest absolute Gasteiger partial charge is 0.326 e. The molecule has 322 valence electrons. The first kappa shape index (κ1) is 52.8. The van der Waals surface area contributed by atoms with E-state index in [-0.39, 0.29) is 12.8 Å². The highest BCUT2D eigenvalue weighted by Crippen LogP contribution is 2.60. The Morgan fingerprint density at radius 3 is 1.09 bits per heavy atom. The van der Waals surface area contributed by atoms with E-state index < -0.39 is 146 Å². The molecule has 0 radical (unpaired) electrons. The minimum atomic E-state index is -5.08. The molecule has 0 saturated heterocycles. The third-order valence-corrected chi connectivity index (χ3v) is 9.76. The van der Waals surface area contributed by atoms with Crippen molar-refractivity contribution in [1.29, 1.82) is 0 Å². The molecular formula is C36H58O20. The van der Waals surface area contributed by atoms with Crippen LogP contribution in [0.4, 0.5) is 0 Å². The number of unbranched alkanes of at least 4 members (excludes halogenated alkanes) is 8. The third kappa shape index (κ3) is 10.8. The Morgan fingerprint density at radius 2 is 0.750 bits per heavy atom. The molecule has 0 amide bonds. The summed E-state index contributed by atoms with van der Waals surface area (Å²) >= 11 is 0. The Labute approximate surface area is 322 Å². The summed E-state index contributed by atoms with van der Waals surface area (Å²) in [6.07, 6.45) is -11.5. The lowest BCUT2D eigenvalue weighted by molar-refractivity contribution is -0.205. The number of aliphatic hydroxyl groups excluding tert-OH is 12. The number of carbonyl (C=O) groups excluding carboxylic acids is 6. The van der Waals surface area contributed by atoms with Gasteiger partial charge in [-0.15, -0.1) is 0 Å². The molecule has 0 aliphatic rings. The Kier molecular flexibility index (Phi) is 23.7. The predicted octanol–water partition coefficient (Wildman–Crippen LogP) is -4.57. The van der Waals surface area contributed by atoms with Crippen LogP contribution in [-0.2, 0) is 33.6 Å². The summed E-state index contributed by atoms with van der Waals surface area (Å²) in [4.78, 5) is 101. The van der Waals surface area contributed by atoms with Crippen molar-refractivity contribution in [3.05, 3.63) is 12.2 Å². The zero-order valence-corrected chi connectivity index (χ0v) is 31.3. The molecule has 6 unspecified atom stereocenters. The van der Waals surface area contributed by atoms with Gasteiger partial charge in [-0.25, -0.2) is 0 Å². The van der Waals surface area contributed by atoms with Crippen LogP contribution in [0.25, 0.3) is 0 Å². The van der Waals surface area contributed by atoms with Crippen LogP contribution in [0, 0.1) is 16.2 Å². The minimum Gasteiger partial charge on any atom is -0.480 e. The average molecular weight is 811 g/mol. The van der Waals surface area contributed by atoms with E-state index in [1.807, 2.05) is 0 Å². The number of carbonyl (C=O) groups is 7. The summed E-state index contributed by atoms with van der Waals surface area (Å²) in [6, 6.07) is 0. The molecule has 0 saturated carbocycles. The topological polar surface area (TPSA) is 382 Å². The van der Waals surface area contributed by atoms with E-state index in [1.165, 1.54) is 0 Å². The number of aliphatic hydroxyl groups is 12. The fraction of sp³-hybridized carbons (Fsp3) is 0.750. The molecule has 56 heavy (non-hydrogen) atoms. The first-order valence-corrected chi connectivity index (χ1v) is 18.2. The Hall–Kier alpha value is -3.25. The minimum absolute atomic E-state index is 0.0568. The third-order valence-electron chi connectivity index (χ3n) is 9.76. The first-order valence-electron chi connectivity index (χ1n) is 18.2. The molecule has 0 aromatic rings. The zero-order chi connectivity index (χ0) is 43.4. The second kappa shape index (κ2) is 25.2. The van der Waals surface area contributed by atoms with Crippen LogP contribution < -0.4 is 0 Å². The van der Waals surface area contributed by atoms with Crippen LogP contribution in [0.3, 0.4) is 0 Å². The Morgan fingerprint density at radius 1 is 0.446 bits per heavy atom. The van der Waals surface area contributed by atoms with Crippen molar-refractivity contribution in [2.24, 2.45) is 16.2 Å². The molecule has 0 spiro atoms.